The molecule has 2 N–H and O–H groups in total. The van der Waals surface area contributed by atoms with Crippen molar-refractivity contribution in [3.63, 3.8) is 0 Å². The highest BCUT2D eigenvalue weighted by atomic mass is 16.6. The number of likely N-dealkylation sites (N-methyl/N-ethyl adjacent to an activating group) is 1. The number of nitrogens with zero attached hydrogens (tertiary/aromatic N) is 2. The summed E-state index contributed by atoms with van der Waals surface area (Å²) < 4.78 is 4.82. The van der Waals surface area contributed by atoms with Crippen molar-refractivity contribution in [2.45, 2.75) is 0 Å². The maximum atomic E-state index is 12.0. The van der Waals surface area contributed by atoms with E-state index < -0.39 is 34.2 Å². The highest BCUT2D eigenvalue weighted by Crippen LogP contribution is 2.37. The molecular weight excluding hydrogens is 310 g/mol. The third-order valence-corrected chi connectivity index (χ3v) is 3.11. The highest BCUT2D eigenvalue weighted by molar-refractivity contribution is 6.30. The molecule has 0 atom stereocenters. The maximum Gasteiger partial charge on any atom is 0.331 e. The molecule has 2 rings (SSSR count). The van der Waals surface area contributed by atoms with E-state index in [0.29, 0.717) is 4.90 Å². The molecule has 1 fully saturated rings. The molecule has 1 aliphatic heterocycles. The summed E-state index contributed by atoms with van der Waals surface area (Å²) in [4.78, 5) is 45.8. The lowest BCUT2D eigenvalue weighted by atomic mass is 10.1. The number of ether oxygens (including phenoxy) is 1. The molecule has 1 aromatic rings. The Labute approximate surface area is 129 Å². The van der Waals surface area contributed by atoms with Crippen LogP contribution in [-0.4, -0.2) is 46.9 Å². The molecule has 1 aromatic carbocycles. The molecule has 10 heteroatoms. The van der Waals surface area contributed by atoms with Gasteiger partial charge < -0.3 is 9.84 Å². The SMILES string of the molecule is COc1cc(/C=C2/C(=O)NC(=O)N(C)C2=O)cc([N+](=O)[O-])c1O. The van der Waals surface area contributed by atoms with Gasteiger partial charge in [-0.3, -0.25) is 29.9 Å². The molecule has 0 saturated carbocycles. The Balaban J connectivity index is 2.56. The van der Waals surface area contributed by atoms with Crippen LogP contribution in [0.5, 0.6) is 11.5 Å². The number of benzene rings is 1. The van der Waals surface area contributed by atoms with Crippen LogP contribution in [0.4, 0.5) is 10.5 Å². The zero-order valence-corrected chi connectivity index (χ0v) is 12.0. The third-order valence-electron chi connectivity index (χ3n) is 3.11. The van der Waals surface area contributed by atoms with E-state index in [9.17, 15) is 29.6 Å². The molecule has 4 amide bonds. The number of amides is 4. The van der Waals surface area contributed by atoms with E-state index in [1.165, 1.54) is 20.2 Å². The van der Waals surface area contributed by atoms with E-state index in [0.717, 1.165) is 12.1 Å². The first kappa shape index (κ1) is 15.9. The number of carbonyl (C=O) groups excluding carboxylic acids is 3. The number of aromatic hydroxyl groups is 1. The van der Waals surface area contributed by atoms with Gasteiger partial charge in [0.2, 0.25) is 5.75 Å². The van der Waals surface area contributed by atoms with Gasteiger partial charge in [0.25, 0.3) is 11.8 Å². The van der Waals surface area contributed by atoms with Crippen molar-refractivity contribution in [3.05, 3.63) is 33.4 Å². The summed E-state index contributed by atoms with van der Waals surface area (Å²) in [5.41, 5.74) is -0.953. The van der Waals surface area contributed by atoms with Gasteiger partial charge in [0.15, 0.2) is 5.75 Å². The molecule has 0 aromatic heterocycles. The van der Waals surface area contributed by atoms with Crippen LogP contribution < -0.4 is 10.1 Å². The first-order valence-electron chi connectivity index (χ1n) is 6.16. The van der Waals surface area contributed by atoms with Crippen LogP contribution in [0.2, 0.25) is 0 Å². The molecule has 0 aliphatic carbocycles. The Kier molecular flexibility index (Phi) is 3.99. The third kappa shape index (κ3) is 2.81. The van der Waals surface area contributed by atoms with E-state index in [1.54, 1.807) is 0 Å². The summed E-state index contributed by atoms with van der Waals surface area (Å²) in [6.07, 6.45) is 1.07. The van der Waals surface area contributed by atoms with E-state index in [4.69, 9.17) is 4.74 Å². The molecule has 10 nitrogen and oxygen atoms in total. The predicted octanol–water partition coefficient (Wildman–Crippen LogP) is 0.401. The van der Waals surface area contributed by atoms with Crippen molar-refractivity contribution in [3.8, 4) is 11.5 Å². The zero-order valence-electron chi connectivity index (χ0n) is 12.0. The fraction of sp³-hybridized carbons (Fsp3) is 0.154. The van der Waals surface area contributed by atoms with Crippen molar-refractivity contribution in [1.82, 2.24) is 10.2 Å². The smallest absolute Gasteiger partial charge is 0.331 e. The Hall–Kier alpha value is -3.43. The van der Waals surface area contributed by atoms with Crippen LogP contribution in [0.15, 0.2) is 17.7 Å². The van der Waals surface area contributed by atoms with Crippen molar-refractivity contribution in [2.24, 2.45) is 0 Å². The van der Waals surface area contributed by atoms with Crippen molar-refractivity contribution < 1.29 is 29.2 Å². The monoisotopic (exact) mass is 321 g/mol. The number of hydrogen-bond acceptors (Lipinski definition) is 7. The number of carbonyl (C=O) groups is 3. The van der Waals surface area contributed by atoms with Crippen LogP contribution in [0, 0.1) is 10.1 Å². The largest absolute Gasteiger partial charge is 0.500 e. The number of phenolic OH excluding ortho intramolecular Hbond substituents is 1. The van der Waals surface area contributed by atoms with Gasteiger partial charge in [0, 0.05) is 13.1 Å². The lowest BCUT2D eigenvalue weighted by Crippen LogP contribution is -2.52. The lowest BCUT2D eigenvalue weighted by Gasteiger charge is -2.22. The van der Waals surface area contributed by atoms with Crippen molar-refractivity contribution in [1.29, 1.82) is 0 Å². The molecule has 120 valence electrons. The van der Waals surface area contributed by atoms with Crippen molar-refractivity contribution >= 4 is 29.6 Å². The Morgan fingerprint density at radius 3 is 2.57 bits per heavy atom. The Bertz CT molecular complexity index is 769. The molecule has 0 spiro atoms. The number of hydrogen-bond donors (Lipinski definition) is 2. The number of imide groups is 2. The Morgan fingerprint density at radius 2 is 2.00 bits per heavy atom. The number of nitro groups is 1. The predicted molar refractivity (Wildman–Crippen MR) is 75.6 cm³/mol. The molecular formula is C13H11N3O7. The number of phenols is 1. The topological polar surface area (TPSA) is 139 Å². The molecule has 1 saturated heterocycles. The van der Waals surface area contributed by atoms with Crippen LogP contribution in [0.1, 0.15) is 5.56 Å². The van der Waals surface area contributed by atoms with Crippen molar-refractivity contribution in [2.75, 3.05) is 14.2 Å². The van der Waals surface area contributed by atoms with Gasteiger partial charge in [-0.2, -0.15) is 0 Å². The summed E-state index contributed by atoms with van der Waals surface area (Å²) in [6, 6.07) is 1.32. The Morgan fingerprint density at radius 1 is 1.35 bits per heavy atom. The quantitative estimate of drug-likeness (QED) is 0.355. The average molecular weight is 321 g/mol. The number of methoxy groups -OCH3 is 1. The second kappa shape index (κ2) is 5.75. The molecule has 1 aliphatic rings. The van der Waals surface area contributed by atoms with Crippen LogP contribution in [0.25, 0.3) is 6.08 Å². The number of urea groups is 1. The van der Waals surface area contributed by atoms with Crippen LogP contribution >= 0.6 is 0 Å². The number of nitrogens with one attached hydrogen (secondary N) is 1. The van der Waals surface area contributed by atoms with E-state index in [1.807, 2.05) is 5.32 Å². The van der Waals surface area contributed by atoms with E-state index >= 15 is 0 Å². The van der Waals surface area contributed by atoms with Gasteiger partial charge in [-0.15, -0.1) is 0 Å². The maximum absolute atomic E-state index is 12.0. The van der Waals surface area contributed by atoms with Gasteiger partial charge >= 0.3 is 11.7 Å². The first-order chi connectivity index (χ1) is 10.8. The number of nitro benzene ring substituents is 1. The molecule has 0 radical (unpaired) electrons. The van der Waals surface area contributed by atoms with E-state index in [2.05, 4.69) is 0 Å². The van der Waals surface area contributed by atoms with Gasteiger partial charge in [0.05, 0.1) is 12.0 Å². The number of rotatable bonds is 3. The second-order valence-electron chi connectivity index (χ2n) is 4.53. The fourth-order valence-corrected chi connectivity index (χ4v) is 1.90. The highest BCUT2D eigenvalue weighted by Gasteiger charge is 2.33. The molecule has 1 heterocycles. The fourth-order valence-electron chi connectivity index (χ4n) is 1.90. The molecule has 0 unspecified atom stereocenters. The lowest BCUT2D eigenvalue weighted by molar-refractivity contribution is -0.386. The average Bonchev–Trinajstić information content (AvgIpc) is 2.50. The van der Waals surface area contributed by atoms with Crippen LogP contribution in [-0.2, 0) is 9.59 Å². The summed E-state index contributed by atoms with van der Waals surface area (Å²) in [6.45, 7) is 0. The summed E-state index contributed by atoms with van der Waals surface area (Å²) in [7, 11) is 2.37. The molecule has 23 heavy (non-hydrogen) atoms. The minimum atomic E-state index is -0.923. The summed E-state index contributed by atoms with van der Waals surface area (Å²) in [5.74, 6) is -2.65. The molecule has 0 bridgehead atoms. The van der Waals surface area contributed by atoms with Crippen LogP contribution in [0.3, 0.4) is 0 Å². The van der Waals surface area contributed by atoms with Gasteiger partial charge in [-0.25, -0.2) is 4.79 Å². The summed E-state index contributed by atoms with van der Waals surface area (Å²) >= 11 is 0. The number of barbiturate groups is 1. The minimum absolute atomic E-state index is 0.0765. The second-order valence-corrected chi connectivity index (χ2v) is 4.53. The van der Waals surface area contributed by atoms with Gasteiger partial charge in [-0.05, 0) is 17.7 Å². The van der Waals surface area contributed by atoms with Gasteiger partial charge in [-0.1, -0.05) is 0 Å². The normalized spacial score (nSPS) is 16.5. The zero-order chi connectivity index (χ0) is 17.3. The van der Waals surface area contributed by atoms with E-state index in [-0.39, 0.29) is 16.9 Å². The summed E-state index contributed by atoms with van der Waals surface area (Å²) in [5, 5.41) is 22.6. The van der Waals surface area contributed by atoms with Gasteiger partial charge in [0.1, 0.15) is 5.57 Å². The standard InChI is InChI=1S/C13H11N3O7/c1-15-12(19)7(11(18)14-13(15)20)3-6-4-8(16(21)22)10(17)9(5-6)23-2/h3-5,17H,1-2H3,(H,14,18,20)/b7-3-. The minimum Gasteiger partial charge on any atom is -0.500 e. The first-order valence-corrected chi connectivity index (χ1v) is 6.16.